The lowest BCUT2D eigenvalue weighted by atomic mass is 9.98. The van der Waals surface area contributed by atoms with Crippen LogP contribution < -0.4 is 0 Å². The fourth-order valence-corrected chi connectivity index (χ4v) is 1.70. The highest BCUT2D eigenvalue weighted by Crippen LogP contribution is 2.26. The van der Waals surface area contributed by atoms with Crippen LogP contribution in [0.2, 0.25) is 0 Å². The molecule has 2 rings (SSSR count). The van der Waals surface area contributed by atoms with Gasteiger partial charge in [-0.3, -0.25) is 0 Å². The molecule has 0 radical (unpaired) electrons. The second-order valence-electron chi connectivity index (χ2n) is 3.82. The molecule has 0 spiro atoms. The van der Waals surface area contributed by atoms with E-state index >= 15 is 0 Å². The maximum Gasteiger partial charge on any atom is 0.126 e. The van der Waals surface area contributed by atoms with Crippen molar-refractivity contribution in [3.8, 4) is 17.2 Å². The van der Waals surface area contributed by atoms with Gasteiger partial charge in [0.05, 0.1) is 11.6 Å². The number of hydrogen-bond donors (Lipinski definition) is 0. The number of nitrogens with zero attached hydrogens (tertiary/aromatic N) is 1. The zero-order valence-electron chi connectivity index (χ0n) is 9.17. The van der Waals surface area contributed by atoms with E-state index < -0.39 is 11.6 Å². The van der Waals surface area contributed by atoms with Crippen molar-refractivity contribution in [2.75, 3.05) is 0 Å². The number of halogens is 2. The predicted molar refractivity (Wildman–Crippen MR) is 61.2 cm³/mol. The van der Waals surface area contributed by atoms with E-state index in [-0.39, 0.29) is 0 Å². The van der Waals surface area contributed by atoms with Gasteiger partial charge in [0.2, 0.25) is 0 Å². The van der Waals surface area contributed by atoms with Crippen molar-refractivity contribution in [1.29, 1.82) is 5.26 Å². The third-order valence-electron chi connectivity index (χ3n) is 2.47. The molecule has 0 aromatic heterocycles. The monoisotopic (exact) mass is 229 g/mol. The van der Waals surface area contributed by atoms with Crippen molar-refractivity contribution in [2.45, 2.75) is 6.92 Å². The van der Waals surface area contributed by atoms with Gasteiger partial charge in [-0.25, -0.2) is 8.78 Å². The molecule has 0 amide bonds. The van der Waals surface area contributed by atoms with Gasteiger partial charge < -0.3 is 0 Å². The molecule has 0 bridgehead atoms. The van der Waals surface area contributed by atoms with Crippen LogP contribution >= 0.6 is 0 Å². The van der Waals surface area contributed by atoms with Crippen LogP contribution in [0, 0.1) is 29.9 Å². The van der Waals surface area contributed by atoms with E-state index in [9.17, 15) is 8.78 Å². The van der Waals surface area contributed by atoms with E-state index in [4.69, 9.17) is 5.26 Å². The molecule has 2 aromatic rings. The van der Waals surface area contributed by atoms with Crippen LogP contribution in [0.15, 0.2) is 36.4 Å². The normalized spacial score (nSPS) is 10.0. The Morgan fingerprint density at radius 3 is 2.24 bits per heavy atom. The van der Waals surface area contributed by atoms with Gasteiger partial charge in [-0.1, -0.05) is 17.7 Å². The van der Waals surface area contributed by atoms with Crippen LogP contribution in [0.4, 0.5) is 8.78 Å². The van der Waals surface area contributed by atoms with Gasteiger partial charge in [0.1, 0.15) is 11.6 Å². The average molecular weight is 229 g/mol. The lowest BCUT2D eigenvalue weighted by Crippen LogP contribution is -1.89. The molecule has 84 valence electrons. The predicted octanol–water partition coefficient (Wildman–Crippen LogP) is 3.81. The van der Waals surface area contributed by atoms with Crippen LogP contribution in [-0.4, -0.2) is 0 Å². The first-order valence-electron chi connectivity index (χ1n) is 5.07. The van der Waals surface area contributed by atoms with Crippen molar-refractivity contribution in [2.24, 2.45) is 0 Å². The molecular weight excluding hydrogens is 220 g/mol. The first-order chi connectivity index (χ1) is 8.10. The highest BCUT2D eigenvalue weighted by atomic mass is 19.1. The Bertz CT molecular complexity index is 592. The molecule has 0 heterocycles. The molecule has 17 heavy (non-hydrogen) atoms. The number of nitriles is 1. The van der Waals surface area contributed by atoms with Gasteiger partial charge in [-0.05, 0) is 36.2 Å². The van der Waals surface area contributed by atoms with Crippen LogP contribution in [0.3, 0.4) is 0 Å². The Kier molecular flexibility index (Phi) is 2.88. The van der Waals surface area contributed by atoms with Gasteiger partial charge >= 0.3 is 0 Å². The number of aryl methyl sites for hydroxylation is 1. The lowest BCUT2D eigenvalue weighted by Gasteiger charge is -2.06. The van der Waals surface area contributed by atoms with E-state index in [1.165, 1.54) is 12.1 Å². The summed E-state index contributed by atoms with van der Waals surface area (Å²) in [5.74, 6) is -1.30. The highest BCUT2D eigenvalue weighted by Gasteiger charge is 2.08. The average Bonchev–Trinajstić information content (AvgIpc) is 2.27. The van der Waals surface area contributed by atoms with Crippen molar-refractivity contribution in [1.82, 2.24) is 0 Å². The molecule has 0 aliphatic rings. The molecule has 0 N–H and O–H groups in total. The Morgan fingerprint density at radius 1 is 1.00 bits per heavy atom. The summed E-state index contributed by atoms with van der Waals surface area (Å²) in [6.45, 7) is 1.86. The number of benzene rings is 2. The highest BCUT2D eigenvalue weighted by molar-refractivity contribution is 5.71. The molecule has 0 fully saturated rings. The molecule has 0 aliphatic carbocycles. The second kappa shape index (κ2) is 4.34. The molecule has 0 aliphatic heterocycles. The van der Waals surface area contributed by atoms with E-state index in [0.717, 1.165) is 11.6 Å². The van der Waals surface area contributed by atoms with E-state index in [1.807, 2.05) is 13.0 Å². The minimum Gasteiger partial charge on any atom is -0.207 e. The first kappa shape index (κ1) is 11.3. The van der Waals surface area contributed by atoms with Crippen molar-refractivity contribution >= 4 is 0 Å². The minimum atomic E-state index is -0.648. The zero-order chi connectivity index (χ0) is 12.4. The minimum absolute atomic E-state index is 0.378. The molecule has 1 nitrogen and oxygen atoms in total. The third kappa shape index (κ3) is 2.31. The Balaban J connectivity index is 2.67. The van der Waals surface area contributed by atoms with Crippen LogP contribution in [0.1, 0.15) is 11.1 Å². The van der Waals surface area contributed by atoms with Gasteiger partial charge in [0, 0.05) is 6.07 Å². The quantitative estimate of drug-likeness (QED) is 0.729. The Hall–Kier alpha value is -2.21. The Labute approximate surface area is 97.9 Å². The number of rotatable bonds is 1. The first-order valence-corrected chi connectivity index (χ1v) is 5.07. The Morgan fingerprint density at radius 2 is 1.65 bits per heavy atom. The summed E-state index contributed by atoms with van der Waals surface area (Å²) in [7, 11) is 0. The third-order valence-corrected chi connectivity index (χ3v) is 2.47. The topological polar surface area (TPSA) is 23.8 Å². The summed E-state index contributed by atoms with van der Waals surface area (Å²) in [6.07, 6.45) is 0. The fourth-order valence-electron chi connectivity index (χ4n) is 1.70. The van der Waals surface area contributed by atoms with Crippen molar-refractivity contribution in [3.05, 3.63) is 59.2 Å². The molecule has 0 atom stereocenters. The smallest absolute Gasteiger partial charge is 0.126 e. The molecule has 0 saturated heterocycles. The summed E-state index contributed by atoms with van der Waals surface area (Å²) in [4.78, 5) is 0. The zero-order valence-corrected chi connectivity index (χ0v) is 9.17. The summed E-state index contributed by atoms with van der Waals surface area (Å²) in [5, 5.41) is 8.97. The maximum absolute atomic E-state index is 13.1. The summed E-state index contributed by atoms with van der Waals surface area (Å²) >= 11 is 0. The SMILES string of the molecule is Cc1ccc(C#N)c(-c2cc(F)cc(F)c2)c1. The maximum atomic E-state index is 13.1. The van der Waals surface area contributed by atoms with Crippen molar-refractivity contribution in [3.63, 3.8) is 0 Å². The van der Waals surface area contributed by atoms with Gasteiger partial charge in [0.25, 0.3) is 0 Å². The number of hydrogen-bond acceptors (Lipinski definition) is 1. The lowest BCUT2D eigenvalue weighted by molar-refractivity contribution is 0.584. The second-order valence-corrected chi connectivity index (χ2v) is 3.82. The van der Waals surface area contributed by atoms with E-state index in [2.05, 4.69) is 0 Å². The van der Waals surface area contributed by atoms with E-state index in [0.29, 0.717) is 16.7 Å². The van der Waals surface area contributed by atoms with Gasteiger partial charge in [0.15, 0.2) is 0 Å². The molecule has 3 heteroatoms. The van der Waals surface area contributed by atoms with Gasteiger partial charge in [-0.15, -0.1) is 0 Å². The molecular formula is C14H9F2N. The van der Waals surface area contributed by atoms with Gasteiger partial charge in [-0.2, -0.15) is 5.26 Å². The van der Waals surface area contributed by atoms with Crippen molar-refractivity contribution < 1.29 is 8.78 Å². The summed E-state index contributed by atoms with van der Waals surface area (Å²) in [5.41, 5.74) is 2.26. The van der Waals surface area contributed by atoms with E-state index in [1.54, 1.807) is 18.2 Å². The largest absolute Gasteiger partial charge is 0.207 e. The van der Waals surface area contributed by atoms with Crippen LogP contribution in [0.25, 0.3) is 11.1 Å². The van der Waals surface area contributed by atoms with Crippen LogP contribution in [-0.2, 0) is 0 Å². The summed E-state index contributed by atoms with van der Waals surface area (Å²) in [6, 6.07) is 10.4. The van der Waals surface area contributed by atoms with Crippen LogP contribution in [0.5, 0.6) is 0 Å². The molecule has 0 saturated carbocycles. The molecule has 0 unspecified atom stereocenters. The molecule has 2 aromatic carbocycles. The summed E-state index contributed by atoms with van der Waals surface area (Å²) < 4.78 is 26.3. The fraction of sp³-hybridized carbons (Fsp3) is 0.0714. The standard InChI is InChI=1S/C14H9F2N/c1-9-2-3-10(8-17)14(4-9)11-5-12(15)7-13(16)6-11/h2-7H,1H3.